The second kappa shape index (κ2) is 4.67. The first-order valence-electron chi connectivity index (χ1n) is 5.09. The van der Waals surface area contributed by atoms with Gasteiger partial charge in [0.1, 0.15) is 11.6 Å². The lowest BCUT2D eigenvalue weighted by Crippen LogP contribution is -1.90. The van der Waals surface area contributed by atoms with Crippen molar-refractivity contribution in [3.8, 4) is 22.9 Å². The van der Waals surface area contributed by atoms with Crippen molar-refractivity contribution in [1.82, 2.24) is 0 Å². The van der Waals surface area contributed by atoms with Gasteiger partial charge in [-0.25, -0.2) is 4.39 Å². The van der Waals surface area contributed by atoms with Gasteiger partial charge in [-0.05, 0) is 29.8 Å². The number of halogens is 1. The van der Waals surface area contributed by atoms with Crippen LogP contribution in [0.5, 0.6) is 5.75 Å². The van der Waals surface area contributed by atoms with Gasteiger partial charge in [-0.15, -0.1) is 0 Å². The second-order valence-electron chi connectivity index (χ2n) is 3.51. The third-order valence-electron chi connectivity index (χ3n) is 2.49. The molecule has 2 nitrogen and oxygen atoms in total. The van der Waals surface area contributed by atoms with Gasteiger partial charge in [-0.3, -0.25) is 0 Å². The summed E-state index contributed by atoms with van der Waals surface area (Å²) in [7, 11) is 1.55. The minimum Gasteiger partial charge on any atom is -0.497 e. The van der Waals surface area contributed by atoms with Crippen LogP contribution in [0, 0.1) is 17.1 Å². The molecule has 2 rings (SSSR count). The number of benzene rings is 2. The Morgan fingerprint density at radius 2 is 1.94 bits per heavy atom. The van der Waals surface area contributed by atoms with Crippen molar-refractivity contribution in [2.24, 2.45) is 0 Å². The van der Waals surface area contributed by atoms with Crippen LogP contribution in [0.3, 0.4) is 0 Å². The van der Waals surface area contributed by atoms with Gasteiger partial charge in [0.05, 0.1) is 18.7 Å². The molecule has 0 aliphatic carbocycles. The van der Waals surface area contributed by atoms with Crippen LogP contribution in [-0.4, -0.2) is 7.11 Å². The Morgan fingerprint density at radius 3 is 2.65 bits per heavy atom. The number of hydrogen-bond donors (Lipinski definition) is 0. The fourth-order valence-electron chi connectivity index (χ4n) is 1.69. The molecule has 3 heteroatoms. The first-order valence-corrected chi connectivity index (χ1v) is 5.09. The molecular weight excluding hydrogens is 217 g/mol. The van der Waals surface area contributed by atoms with Crippen LogP contribution in [0.4, 0.5) is 4.39 Å². The molecule has 0 aromatic heterocycles. The van der Waals surface area contributed by atoms with Crippen molar-refractivity contribution in [2.45, 2.75) is 0 Å². The maximum Gasteiger partial charge on any atom is 0.132 e. The summed E-state index contributed by atoms with van der Waals surface area (Å²) in [5, 5.41) is 8.98. The molecule has 0 amide bonds. The summed E-state index contributed by atoms with van der Waals surface area (Å²) in [6, 6.07) is 13.5. The molecule has 0 aliphatic heterocycles. The number of nitrogens with zero attached hydrogens (tertiary/aromatic N) is 1. The van der Waals surface area contributed by atoms with Gasteiger partial charge < -0.3 is 4.74 Å². The number of rotatable bonds is 2. The maximum atomic E-state index is 13.8. The highest BCUT2D eigenvalue weighted by Crippen LogP contribution is 2.28. The van der Waals surface area contributed by atoms with E-state index in [1.807, 2.05) is 6.07 Å². The minimum atomic E-state index is -0.405. The average molecular weight is 227 g/mol. The predicted octanol–water partition coefficient (Wildman–Crippen LogP) is 3.37. The molecule has 0 heterocycles. The summed E-state index contributed by atoms with van der Waals surface area (Å²) in [5.41, 5.74) is 1.27. The Kier molecular flexibility index (Phi) is 3.06. The summed E-state index contributed by atoms with van der Waals surface area (Å²) in [4.78, 5) is 0. The van der Waals surface area contributed by atoms with Crippen LogP contribution in [0.25, 0.3) is 11.1 Å². The fraction of sp³-hybridized carbons (Fsp3) is 0.0714. The highest BCUT2D eigenvalue weighted by molar-refractivity contribution is 5.72. The van der Waals surface area contributed by atoms with Crippen LogP contribution in [0.2, 0.25) is 0 Å². The highest BCUT2D eigenvalue weighted by atomic mass is 19.1. The van der Waals surface area contributed by atoms with Crippen LogP contribution in [0.15, 0.2) is 42.5 Å². The van der Waals surface area contributed by atoms with E-state index in [1.54, 1.807) is 37.4 Å². The van der Waals surface area contributed by atoms with E-state index < -0.39 is 5.82 Å². The molecule has 2 aromatic carbocycles. The molecule has 0 aliphatic rings. The molecule has 0 bridgehead atoms. The van der Waals surface area contributed by atoms with Crippen molar-refractivity contribution in [2.75, 3.05) is 7.11 Å². The van der Waals surface area contributed by atoms with E-state index in [-0.39, 0.29) is 0 Å². The monoisotopic (exact) mass is 227 g/mol. The summed E-state index contributed by atoms with van der Waals surface area (Å²) >= 11 is 0. The third kappa shape index (κ3) is 2.11. The molecule has 84 valence electrons. The third-order valence-corrected chi connectivity index (χ3v) is 2.49. The summed E-state index contributed by atoms with van der Waals surface area (Å²) < 4.78 is 18.9. The van der Waals surface area contributed by atoms with Gasteiger partial charge in [0, 0.05) is 5.56 Å². The molecule has 0 atom stereocenters. The van der Waals surface area contributed by atoms with E-state index in [2.05, 4.69) is 0 Å². The Balaban J connectivity index is 2.64. The molecule has 0 fully saturated rings. The molecule has 17 heavy (non-hydrogen) atoms. The van der Waals surface area contributed by atoms with Crippen LogP contribution in [0.1, 0.15) is 5.56 Å². The lowest BCUT2D eigenvalue weighted by Gasteiger charge is -2.07. The van der Waals surface area contributed by atoms with Crippen LogP contribution < -0.4 is 4.74 Å². The van der Waals surface area contributed by atoms with E-state index in [1.165, 1.54) is 12.1 Å². The van der Waals surface area contributed by atoms with Crippen LogP contribution in [-0.2, 0) is 0 Å². The first-order chi connectivity index (χ1) is 8.26. The van der Waals surface area contributed by atoms with Crippen molar-refractivity contribution in [3.05, 3.63) is 53.8 Å². The largest absolute Gasteiger partial charge is 0.497 e. The standard InChI is InChI=1S/C14H10FNO/c1-17-12-6-2-4-10(8-12)14-11(9-16)5-3-7-13(14)15/h2-8H,1H3. The van der Waals surface area contributed by atoms with Crippen LogP contribution >= 0.6 is 0 Å². The van der Waals surface area contributed by atoms with Crippen molar-refractivity contribution in [1.29, 1.82) is 5.26 Å². The molecule has 0 saturated carbocycles. The van der Waals surface area contributed by atoms with E-state index in [0.29, 0.717) is 22.4 Å². The van der Waals surface area contributed by atoms with Gasteiger partial charge in [0.2, 0.25) is 0 Å². The smallest absolute Gasteiger partial charge is 0.132 e. The molecule has 0 spiro atoms. The number of hydrogen-bond acceptors (Lipinski definition) is 2. The summed E-state index contributed by atoms with van der Waals surface area (Å²) in [6.07, 6.45) is 0. The van der Waals surface area contributed by atoms with Gasteiger partial charge in [0.15, 0.2) is 0 Å². The van der Waals surface area contributed by atoms with Crippen molar-refractivity contribution >= 4 is 0 Å². The fourth-order valence-corrected chi connectivity index (χ4v) is 1.69. The lowest BCUT2D eigenvalue weighted by molar-refractivity contribution is 0.415. The van der Waals surface area contributed by atoms with Gasteiger partial charge in [0.25, 0.3) is 0 Å². The topological polar surface area (TPSA) is 33.0 Å². The molecule has 0 radical (unpaired) electrons. The molecule has 0 saturated heterocycles. The zero-order valence-corrected chi connectivity index (χ0v) is 9.27. The lowest BCUT2D eigenvalue weighted by atomic mass is 9.99. The zero-order chi connectivity index (χ0) is 12.3. The number of nitriles is 1. The van der Waals surface area contributed by atoms with E-state index in [9.17, 15) is 4.39 Å². The number of ether oxygens (including phenoxy) is 1. The average Bonchev–Trinajstić information content (AvgIpc) is 2.38. The summed E-state index contributed by atoms with van der Waals surface area (Å²) in [5.74, 6) is 0.229. The van der Waals surface area contributed by atoms with E-state index in [4.69, 9.17) is 10.00 Å². The molecule has 2 aromatic rings. The predicted molar refractivity (Wildman–Crippen MR) is 63.1 cm³/mol. The highest BCUT2D eigenvalue weighted by Gasteiger charge is 2.10. The van der Waals surface area contributed by atoms with E-state index in [0.717, 1.165) is 0 Å². The Labute approximate surface area is 98.9 Å². The van der Waals surface area contributed by atoms with Gasteiger partial charge in [-0.1, -0.05) is 18.2 Å². The van der Waals surface area contributed by atoms with Gasteiger partial charge >= 0.3 is 0 Å². The zero-order valence-electron chi connectivity index (χ0n) is 9.27. The van der Waals surface area contributed by atoms with E-state index >= 15 is 0 Å². The second-order valence-corrected chi connectivity index (χ2v) is 3.51. The SMILES string of the molecule is COc1cccc(-c2c(F)cccc2C#N)c1. The first kappa shape index (κ1) is 11.2. The van der Waals surface area contributed by atoms with Crippen molar-refractivity contribution < 1.29 is 9.13 Å². The normalized spacial score (nSPS) is 9.71. The quantitative estimate of drug-likeness (QED) is 0.788. The molecular formula is C14H10FNO. The molecule has 0 unspecified atom stereocenters. The molecule has 0 N–H and O–H groups in total. The van der Waals surface area contributed by atoms with Crippen molar-refractivity contribution in [3.63, 3.8) is 0 Å². The maximum absolute atomic E-state index is 13.8. The Hall–Kier alpha value is -2.34. The number of methoxy groups -OCH3 is 1. The Morgan fingerprint density at radius 1 is 1.18 bits per heavy atom. The summed E-state index contributed by atoms with van der Waals surface area (Å²) in [6.45, 7) is 0. The van der Waals surface area contributed by atoms with Gasteiger partial charge in [-0.2, -0.15) is 5.26 Å². The minimum absolute atomic E-state index is 0.314. The Bertz CT molecular complexity index is 587.